The number of ether oxygens (including phenoxy) is 1. The number of hydrogen-bond acceptors (Lipinski definition) is 4. The fourth-order valence-electron chi connectivity index (χ4n) is 1.46. The van der Waals surface area contributed by atoms with E-state index in [0.29, 0.717) is 13.0 Å². The van der Waals surface area contributed by atoms with Crippen molar-refractivity contribution in [1.29, 1.82) is 0 Å². The topological polar surface area (TPSA) is 95.9 Å². The Balaban J connectivity index is 2.22. The average Bonchev–Trinajstić information content (AvgIpc) is 2.45. The Morgan fingerprint density at radius 2 is 2.00 bits per heavy atom. The van der Waals surface area contributed by atoms with Crippen LogP contribution in [0.3, 0.4) is 0 Å². The normalized spacial score (nSPS) is 11.5. The van der Waals surface area contributed by atoms with E-state index in [9.17, 15) is 13.2 Å². The van der Waals surface area contributed by atoms with Crippen LogP contribution in [0.15, 0.2) is 30.3 Å². The zero-order valence-electron chi connectivity index (χ0n) is 11.9. The van der Waals surface area contributed by atoms with Gasteiger partial charge < -0.3 is 9.84 Å². The van der Waals surface area contributed by atoms with Crippen molar-refractivity contribution < 1.29 is 23.1 Å². The summed E-state index contributed by atoms with van der Waals surface area (Å²) in [6.07, 6.45) is 0.287. The summed E-state index contributed by atoms with van der Waals surface area (Å²) < 4.78 is 32.3. The molecule has 0 heterocycles. The number of hydrogen-bond donors (Lipinski definition) is 2. The van der Waals surface area contributed by atoms with Crippen LogP contribution in [0.25, 0.3) is 0 Å². The first-order chi connectivity index (χ1) is 9.92. The smallest absolute Gasteiger partial charge is 0.304 e. The summed E-state index contributed by atoms with van der Waals surface area (Å²) in [4.78, 5) is 10.4. The van der Waals surface area contributed by atoms with Crippen molar-refractivity contribution in [3.05, 3.63) is 30.3 Å². The Bertz CT molecular complexity index is 533. The minimum Gasteiger partial charge on any atom is -0.494 e. The number of aliphatic carboxylic acids is 1. The molecule has 0 spiro atoms. The Morgan fingerprint density at radius 3 is 2.62 bits per heavy atom. The van der Waals surface area contributed by atoms with Gasteiger partial charge in [-0.3, -0.25) is 4.79 Å². The van der Waals surface area contributed by atoms with E-state index in [-0.39, 0.29) is 19.5 Å². The van der Waals surface area contributed by atoms with Crippen LogP contribution in [0, 0.1) is 0 Å². The summed E-state index contributed by atoms with van der Waals surface area (Å²) in [5, 5.41) is 8.52. The highest BCUT2D eigenvalue weighted by Gasteiger charge is 2.17. The van der Waals surface area contributed by atoms with E-state index >= 15 is 0 Å². The molecule has 1 aromatic rings. The molecular weight excluding hydrogens is 296 g/mol. The third-order valence-electron chi connectivity index (χ3n) is 2.67. The number of nitrogens with zero attached hydrogens (tertiary/aromatic N) is 1. The SMILES string of the molecule is CN(CCC(=O)O)S(=O)(=O)NCCCOc1ccccc1. The Hall–Kier alpha value is -1.64. The molecule has 0 saturated carbocycles. The summed E-state index contributed by atoms with van der Waals surface area (Å²) in [7, 11) is -2.30. The molecule has 0 aliphatic rings. The van der Waals surface area contributed by atoms with Crippen molar-refractivity contribution in [2.45, 2.75) is 12.8 Å². The van der Waals surface area contributed by atoms with E-state index in [2.05, 4.69) is 4.72 Å². The van der Waals surface area contributed by atoms with Gasteiger partial charge in [-0.15, -0.1) is 0 Å². The molecule has 0 fully saturated rings. The molecule has 0 radical (unpaired) electrons. The lowest BCUT2D eigenvalue weighted by Gasteiger charge is -2.16. The summed E-state index contributed by atoms with van der Waals surface area (Å²) >= 11 is 0. The van der Waals surface area contributed by atoms with Gasteiger partial charge in [0.05, 0.1) is 13.0 Å². The van der Waals surface area contributed by atoms with Crippen molar-refractivity contribution in [1.82, 2.24) is 9.03 Å². The molecule has 1 aromatic carbocycles. The van der Waals surface area contributed by atoms with E-state index in [1.165, 1.54) is 7.05 Å². The maximum absolute atomic E-state index is 11.8. The van der Waals surface area contributed by atoms with Crippen LogP contribution in [-0.2, 0) is 15.0 Å². The molecule has 0 amide bonds. The van der Waals surface area contributed by atoms with E-state index in [1.807, 2.05) is 30.3 Å². The first kappa shape index (κ1) is 17.4. The molecule has 1 rings (SSSR count). The molecule has 0 aromatic heterocycles. The zero-order valence-corrected chi connectivity index (χ0v) is 12.7. The van der Waals surface area contributed by atoms with Gasteiger partial charge in [0.15, 0.2) is 0 Å². The van der Waals surface area contributed by atoms with E-state index in [4.69, 9.17) is 9.84 Å². The standard InChI is InChI=1S/C13H20N2O5S/c1-15(10-8-13(16)17)21(18,19)14-9-5-11-20-12-6-3-2-4-7-12/h2-4,6-7,14H,5,8-11H2,1H3,(H,16,17). The number of carbonyl (C=O) groups is 1. The lowest BCUT2D eigenvalue weighted by molar-refractivity contribution is -0.137. The van der Waals surface area contributed by atoms with Crippen molar-refractivity contribution in [2.75, 3.05) is 26.7 Å². The van der Waals surface area contributed by atoms with Gasteiger partial charge in [-0.05, 0) is 18.6 Å². The number of carboxylic acids is 1. The third-order valence-corrected chi connectivity index (χ3v) is 4.24. The first-order valence-electron chi connectivity index (χ1n) is 6.52. The van der Waals surface area contributed by atoms with Crippen LogP contribution in [-0.4, -0.2) is 50.5 Å². The monoisotopic (exact) mass is 316 g/mol. The van der Waals surface area contributed by atoms with Crippen molar-refractivity contribution in [3.63, 3.8) is 0 Å². The fourth-order valence-corrected chi connectivity index (χ4v) is 2.42. The molecule has 0 saturated heterocycles. The Morgan fingerprint density at radius 1 is 1.33 bits per heavy atom. The molecule has 7 nitrogen and oxygen atoms in total. The minimum absolute atomic E-state index is 0.0643. The molecule has 21 heavy (non-hydrogen) atoms. The number of nitrogens with one attached hydrogen (secondary N) is 1. The number of para-hydroxylation sites is 1. The van der Waals surface area contributed by atoms with E-state index in [0.717, 1.165) is 10.1 Å². The summed E-state index contributed by atoms with van der Waals surface area (Å²) in [6.45, 7) is 0.559. The first-order valence-corrected chi connectivity index (χ1v) is 7.96. The van der Waals surface area contributed by atoms with Gasteiger partial charge in [0, 0.05) is 20.1 Å². The second-order valence-electron chi connectivity index (χ2n) is 4.38. The number of carboxylic acid groups (broad SMARTS) is 1. The maximum Gasteiger partial charge on any atom is 0.304 e. The Kier molecular flexibility index (Phi) is 7.13. The van der Waals surface area contributed by atoms with Gasteiger partial charge in [0.2, 0.25) is 0 Å². The quantitative estimate of drug-likeness (QED) is 0.619. The van der Waals surface area contributed by atoms with Crippen molar-refractivity contribution in [3.8, 4) is 5.75 Å². The number of rotatable bonds is 10. The van der Waals surface area contributed by atoms with Crippen LogP contribution >= 0.6 is 0 Å². The van der Waals surface area contributed by atoms with Crippen LogP contribution in [0.4, 0.5) is 0 Å². The van der Waals surface area contributed by atoms with Gasteiger partial charge in [0.25, 0.3) is 10.2 Å². The molecule has 0 aliphatic carbocycles. The Labute approximate surface area is 124 Å². The summed E-state index contributed by atoms with van der Waals surface area (Å²) in [5.41, 5.74) is 0. The highest BCUT2D eigenvalue weighted by molar-refractivity contribution is 7.87. The van der Waals surface area contributed by atoms with Gasteiger partial charge in [-0.2, -0.15) is 12.7 Å². The van der Waals surface area contributed by atoms with Crippen LogP contribution in [0.5, 0.6) is 5.75 Å². The predicted octanol–water partition coefficient (Wildman–Crippen LogP) is 0.696. The second-order valence-corrected chi connectivity index (χ2v) is 6.24. The number of benzene rings is 1. The van der Waals surface area contributed by atoms with E-state index < -0.39 is 16.2 Å². The predicted molar refractivity (Wildman–Crippen MR) is 78.4 cm³/mol. The highest BCUT2D eigenvalue weighted by atomic mass is 32.2. The van der Waals surface area contributed by atoms with Gasteiger partial charge >= 0.3 is 5.97 Å². The largest absolute Gasteiger partial charge is 0.494 e. The van der Waals surface area contributed by atoms with E-state index in [1.54, 1.807) is 0 Å². The van der Waals surface area contributed by atoms with Crippen molar-refractivity contribution >= 4 is 16.2 Å². The third kappa shape index (κ3) is 7.07. The van der Waals surface area contributed by atoms with Crippen LogP contribution < -0.4 is 9.46 Å². The molecule has 118 valence electrons. The molecule has 0 atom stereocenters. The fraction of sp³-hybridized carbons (Fsp3) is 0.462. The molecule has 0 aliphatic heterocycles. The van der Waals surface area contributed by atoms with Crippen LogP contribution in [0.2, 0.25) is 0 Å². The lowest BCUT2D eigenvalue weighted by Crippen LogP contribution is -2.39. The lowest BCUT2D eigenvalue weighted by atomic mass is 10.3. The van der Waals surface area contributed by atoms with Crippen molar-refractivity contribution in [2.24, 2.45) is 0 Å². The minimum atomic E-state index is -3.64. The van der Waals surface area contributed by atoms with Gasteiger partial charge in [-0.1, -0.05) is 18.2 Å². The molecule has 0 unspecified atom stereocenters. The zero-order chi connectivity index (χ0) is 15.7. The van der Waals surface area contributed by atoms with Gasteiger partial charge in [0.1, 0.15) is 5.75 Å². The molecule has 8 heteroatoms. The average molecular weight is 316 g/mol. The summed E-state index contributed by atoms with van der Waals surface area (Å²) in [5.74, 6) is -0.299. The van der Waals surface area contributed by atoms with Gasteiger partial charge in [-0.25, -0.2) is 4.72 Å². The molecular formula is C13H20N2O5S. The summed E-state index contributed by atoms with van der Waals surface area (Å²) in [6, 6.07) is 9.24. The highest BCUT2D eigenvalue weighted by Crippen LogP contribution is 2.08. The van der Waals surface area contributed by atoms with Crippen LogP contribution in [0.1, 0.15) is 12.8 Å². The molecule has 2 N–H and O–H groups in total. The second kappa shape index (κ2) is 8.60. The maximum atomic E-state index is 11.8. The molecule has 0 bridgehead atoms.